The zero-order valence-electron chi connectivity index (χ0n) is 14.3. The van der Waals surface area contributed by atoms with Crippen molar-refractivity contribution in [2.24, 2.45) is 7.05 Å². The SMILES string of the molecule is Cn1nnnc1C1=C(C(=O)O)N2C(=O)C(C=S)(NC(=O)CC(=O)CBr)[C@@H]2SC1. The third kappa shape index (κ3) is 3.14. The Kier molecular flexibility index (Phi) is 5.63. The number of carboxylic acids is 1. The topological polar surface area (TPSA) is 147 Å². The second kappa shape index (κ2) is 7.67. The molecule has 2 aliphatic heterocycles. The Morgan fingerprint density at radius 3 is 2.75 bits per heavy atom. The third-order valence-electron chi connectivity index (χ3n) is 4.24. The van der Waals surface area contributed by atoms with Gasteiger partial charge in [0.15, 0.2) is 17.1 Å². The number of alkyl halides is 1. The maximum atomic E-state index is 12.9. The summed E-state index contributed by atoms with van der Waals surface area (Å²) in [7, 11) is 1.55. The van der Waals surface area contributed by atoms with Gasteiger partial charge in [-0.2, -0.15) is 0 Å². The fourth-order valence-electron chi connectivity index (χ4n) is 2.99. The number of tetrazole rings is 1. The average Bonchev–Trinajstić information content (AvgIpc) is 3.09. The molecule has 0 bridgehead atoms. The summed E-state index contributed by atoms with van der Waals surface area (Å²) < 4.78 is 1.31. The number of β-lactam (4-membered cyclic amide) rings is 1. The normalized spacial score (nSPS) is 23.7. The molecule has 3 heterocycles. The molecule has 14 heteroatoms. The number of halogens is 1. The molecule has 0 aromatic carbocycles. The summed E-state index contributed by atoms with van der Waals surface area (Å²) in [5, 5.41) is 23.6. The molecule has 1 unspecified atom stereocenters. The number of hydrogen-bond donors (Lipinski definition) is 2. The van der Waals surface area contributed by atoms with E-state index in [-0.39, 0.29) is 34.0 Å². The average molecular weight is 489 g/mol. The van der Waals surface area contributed by atoms with Crippen LogP contribution in [0.25, 0.3) is 5.57 Å². The van der Waals surface area contributed by atoms with Gasteiger partial charge in [0.05, 0.1) is 11.8 Å². The van der Waals surface area contributed by atoms with Crippen LogP contribution in [-0.2, 0) is 26.2 Å². The quantitative estimate of drug-likeness (QED) is 0.214. The summed E-state index contributed by atoms with van der Waals surface area (Å²) in [4.78, 5) is 49.5. The molecule has 2 N–H and O–H groups in total. The van der Waals surface area contributed by atoms with E-state index < -0.39 is 35.1 Å². The minimum atomic E-state index is -1.56. The molecule has 11 nitrogen and oxygen atoms in total. The fraction of sp³-hybridized carbons (Fsp3) is 0.429. The van der Waals surface area contributed by atoms with Gasteiger partial charge in [0, 0.05) is 23.7 Å². The summed E-state index contributed by atoms with van der Waals surface area (Å²) in [6.45, 7) is 0. The number of carboxylic acid groups (broad SMARTS) is 1. The zero-order chi connectivity index (χ0) is 20.6. The Labute approximate surface area is 176 Å². The lowest BCUT2D eigenvalue weighted by molar-refractivity contribution is -0.153. The number of Topliss-reactive ketones (excluding diaryl/α,β-unsaturated/α-hetero) is 1. The van der Waals surface area contributed by atoms with E-state index in [9.17, 15) is 24.3 Å². The Hall–Kier alpha value is -2.19. The predicted octanol–water partition coefficient (Wildman–Crippen LogP) is -0.870. The minimum absolute atomic E-state index is 0.00422. The number of aryl methyl sites for hydroxylation is 1. The highest BCUT2D eigenvalue weighted by molar-refractivity contribution is 9.09. The molecule has 0 spiro atoms. The number of thiocarbonyl (C=S) groups is 1. The summed E-state index contributed by atoms with van der Waals surface area (Å²) in [5.41, 5.74) is -1.54. The maximum absolute atomic E-state index is 12.9. The predicted molar refractivity (Wildman–Crippen MR) is 104 cm³/mol. The van der Waals surface area contributed by atoms with E-state index in [4.69, 9.17) is 12.2 Å². The van der Waals surface area contributed by atoms with Crippen molar-refractivity contribution in [3.05, 3.63) is 11.5 Å². The molecule has 1 aromatic rings. The first-order valence-corrected chi connectivity index (χ1v) is 10.4. The number of carbonyl (C=O) groups excluding carboxylic acids is 3. The summed E-state index contributed by atoms with van der Waals surface area (Å²) >= 11 is 9.17. The van der Waals surface area contributed by atoms with E-state index in [1.54, 1.807) is 7.05 Å². The number of hydrogen-bond acceptors (Lipinski definition) is 9. The molecule has 28 heavy (non-hydrogen) atoms. The van der Waals surface area contributed by atoms with E-state index in [2.05, 4.69) is 36.8 Å². The van der Waals surface area contributed by atoms with Gasteiger partial charge in [0.1, 0.15) is 11.1 Å². The van der Waals surface area contributed by atoms with E-state index in [0.29, 0.717) is 0 Å². The molecule has 148 valence electrons. The molecule has 2 amide bonds. The molecule has 0 radical (unpaired) electrons. The largest absolute Gasteiger partial charge is 0.477 e. The second-order valence-corrected chi connectivity index (χ2v) is 7.85. The van der Waals surface area contributed by atoms with Gasteiger partial charge in [-0.15, -0.1) is 16.9 Å². The van der Waals surface area contributed by atoms with Gasteiger partial charge in [-0.25, -0.2) is 9.48 Å². The van der Waals surface area contributed by atoms with Crippen molar-refractivity contribution >= 4 is 74.4 Å². The molecule has 1 saturated heterocycles. The van der Waals surface area contributed by atoms with Crippen LogP contribution in [0, 0.1) is 0 Å². The number of aliphatic carboxylic acids is 1. The Balaban J connectivity index is 1.95. The number of ketones is 1. The number of carbonyl (C=O) groups is 4. The highest BCUT2D eigenvalue weighted by Crippen LogP contribution is 2.47. The molecular weight excluding hydrogens is 476 g/mol. The van der Waals surface area contributed by atoms with Crippen LogP contribution in [0.1, 0.15) is 12.2 Å². The van der Waals surface area contributed by atoms with Crippen molar-refractivity contribution in [1.29, 1.82) is 0 Å². The standard InChI is InChI=1S/C14H13BrN6O5S2/c1-20-10(17-18-19-20)7-4-28-13-14(5-27,16-8(23)2-6(22)3-15)12(26)21(13)9(7)11(24)25/h5,13H,2-4H2,1H3,(H,16,23)(H,24,25)/t13-,14?/m0/s1. The smallest absolute Gasteiger partial charge is 0.353 e. The molecule has 1 aromatic heterocycles. The van der Waals surface area contributed by atoms with Crippen molar-refractivity contribution in [3.63, 3.8) is 0 Å². The van der Waals surface area contributed by atoms with Crippen LogP contribution in [0.5, 0.6) is 0 Å². The highest BCUT2D eigenvalue weighted by Gasteiger charge is 2.64. The van der Waals surface area contributed by atoms with Crippen molar-refractivity contribution in [2.75, 3.05) is 11.1 Å². The molecule has 0 aliphatic carbocycles. The molecule has 0 saturated carbocycles. The molecule has 3 rings (SSSR count). The molecule has 2 aliphatic rings. The van der Waals surface area contributed by atoms with Crippen LogP contribution in [-0.4, -0.2) is 81.1 Å². The van der Waals surface area contributed by atoms with Gasteiger partial charge in [-0.3, -0.25) is 19.3 Å². The van der Waals surface area contributed by atoms with Crippen LogP contribution < -0.4 is 5.32 Å². The number of aromatic nitrogens is 4. The van der Waals surface area contributed by atoms with Gasteiger partial charge in [-0.1, -0.05) is 28.1 Å². The number of amides is 2. The first-order chi connectivity index (χ1) is 13.3. The van der Waals surface area contributed by atoms with Crippen molar-refractivity contribution in [3.8, 4) is 0 Å². The van der Waals surface area contributed by atoms with Gasteiger partial charge >= 0.3 is 5.97 Å². The van der Waals surface area contributed by atoms with Crippen LogP contribution in [0.3, 0.4) is 0 Å². The molecule has 2 atom stereocenters. The number of fused-ring (bicyclic) bond motifs is 1. The summed E-state index contributed by atoms with van der Waals surface area (Å²) in [6.07, 6.45) is -0.418. The van der Waals surface area contributed by atoms with Crippen LogP contribution in [0.2, 0.25) is 0 Å². The Morgan fingerprint density at radius 2 is 2.21 bits per heavy atom. The lowest BCUT2D eigenvalue weighted by atomic mass is 9.87. The lowest BCUT2D eigenvalue weighted by Crippen LogP contribution is -2.80. The Bertz CT molecular complexity index is 933. The maximum Gasteiger partial charge on any atom is 0.353 e. The highest BCUT2D eigenvalue weighted by atomic mass is 79.9. The van der Waals surface area contributed by atoms with Gasteiger partial charge in [-0.05, 0) is 10.4 Å². The van der Waals surface area contributed by atoms with Crippen LogP contribution in [0.15, 0.2) is 5.70 Å². The van der Waals surface area contributed by atoms with E-state index in [0.717, 1.165) is 10.3 Å². The third-order valence-corrected chi connectivity index (χ3v) is 6.59. The first-order valence-electron chi connectivity index (χ1n) is 7.76. The Morgan fingerprint density at radius 1 is 1.50 bits per heavy atom. The lowest BCUT2D eigenvalue weighted by Gasteiger charge is -2.55. The van der Waals surface area contributed by atoms with Crippen molar-refractivity contribution < 1.29 is 24.3 Å². The van der Waals surface area contributed by atoms with Crippen LogP contribution >= 0.6 is 39.9 Å². The fourth-order valence-corrected chi connectivity index (χ4v) is 5.00. The van der Waals surface area contributed by atoms with Gasteiger partial charge in [0.25, 0.3) is 5.91 Å². The van der Waals surface area contributed by atoms with E-state index in [1.807, 2.05) is 0 Å². The minimum Gasteiger partial charge on any atom is -0.477 e. The van der Waals surface area contributed by atoms with Crippen molar-refractivity contribution in [2.45, 2.75) is 17.3 Å². The summed E-state index contributed by atoms with van der Waals surface area (Å²) in [5.74, 6) is -2.63. The number of nitrogens with zero attached hydrogens (tertiary/aromatic N) is 5. The van der Waals surface area contributed by atoms with Crippen molar-refractivity contribution in [1.82, 2.24) is 30.4 Å². The van der Waals surface area contributed by atoms with Gasteiger partial charge in [0.2, 0.25) is 5.91 Å². The molecular formula is C14H13BrN6O5S2. The first kappa shape index (κ1) is 20.5. The summed E-state index contributed by atoms with van der Waals surface area (Å²) in [6, 6.07) is 0. The second-order valence-electron chi connectivity index (χ2n) is 5.98. The van der Waals surface area contributed by atoms with Crippen LogP contribution in [0.4, 0.5) is 0 Å². The molecule has 1 fully saturated rings. The number of thioether (sulfide) groups is 1. The monoisotopic (exact) mass is 488 g/mol. The zero-order valence-corrected chi connectivity index (χ0v) is 17.5. The van der Waals surface area contributed by atoms with E-state index >= 15 is 0 Å². The number of nitrogens with one attached hydrogen (secondary N) is 1. The van der Waals surface area contributed by atoms with Gasteiger partial charge < -0.3 is 10.4 Å². The number of rotatable bonds is 7. The van der Waals surface area contributed by atoms with E-state index in [1.165, 1.54) is 16.4 Å².